The lowest BCUT2D eigenvalue weighted by Crippen LogP contribution is -2.11. The molecule has 0 radical (unpaired) electrons. The summed E-state index contributed by atoms with van der Waals surface area (Å²) < 4.78 is 38.4. The van der Waals surface area contributed by atoms with E-state index in [2.05, 4.69) is 4.99 Å². The molecule has 128 valence electrons. The van der Waals surface area contributed by atoms with Gasteiger partial charge in [0.15, 0.2) is 11.5 Å². The number of sulfonamides is 1. The highest BCUT2D eigenvalue weighted by Crippen LogP contribution is 2.39. The number of aliphatic imine (C=N–C) groups is 1. The molecule has 0 bridgehead atoms. The van der Waals surface area contributed by atoms with Crippen LogP contribution >= 0.6 is 0 Å². The molecule has 8 heteroatoms. The van der Waals surface area contributed by atoms with E-state index in [-0.39, 0.29) is 4.90 Å². The lowest BCUT2D eigenvalue weighted by Gasteiger charge is -2.13. The van der Waals surface area contributed by atoms with Crippen molar-refractivity contribution in [3.8, 4) is 17.2 Å². The van der Waals surface area contributed by atoms with E-state index < -0.39 is 10.0 Å². The Kier molecular flexibility index (Phi) is 5.42. The Bertz CT molecular complexity index is 846. The standard InChI is InChI=1S/C16H18N2O5S/c1-21-14-9-4-11(15(22-2)16(14)23-3)10-18-12-5-7-13(8-6-12)24(17,19)20/h4-10H,1-3H3,(H2,17,19,20). The molecule has 2 rings (SSSR count). The molecular formula is C16H18N2O5S. The molecule has 0 atom stereocenters. The molecule has 0 saturated heterocycles. The van der Waals surface area contributed by atoms with Gasteiger partial charge in [0, 0.05) is 11.8 Å². The Morgan fingerprint density at radius 1 is 0.917 bits per heavy atom. The molecule has 0 aliphatic heterocycles. The molecule has 0 heterocycles. The Hall–Kier alpha value is -2.58. The van der Waals surface area contributed by atoms with Crippen LogP contribution in [0.4, 0.5) is 5.69 Å². The quantitative estimate of drug-likeness (QED) is 0.804. The molecule has 0 unspecified atom stereocenters. The highest BCUT2D eigenvalue weighted by Gasteiger charge is 2.14. The Morgan fingerprint density at radius 2 is 1.54 bits per heavy atom. The number of methoxy groups -OCH3 is 3. The van der Waals surface area contributed by atoms with E-state index in [1.54, 1.807) is 30.5 Å². The Balaban J connectivity index is 2.35. The summed E-state index contributed by atoms with van der Waals surface area (Å²) in [7, 11) is 0.868. The molecule has 24 heavy (non-hydrogen) atoms. The minimum Gasteiger partial charge on any atom is -0.493 e. The molecule has 0 saturated carbocycles. The van der Waals surface area contributed by atoms with E-state index >= 15 is 0 Å². The van der Waals surface area contributed by atoms with Crippen molar-refractivity contribution in [2.75, 3.05) is 21.3 Å². The second kappa shape index (κ2) is 7.33. The van der Waals surface area contributed by atoms with Gasteiger partial charge >= 0.3 is 0 Å². The predicted molar refractivity (Wildman–Crippen MR) is 91.2 cm³/mol. The normalized spacial score (nSPS) is 11.5. The van der Waals surface area contributed by atoms with Gasteiger partial charge in [-0.15, -0.1) is 0 Å². The number of benzene rings is 2. The Morgan fingerprint density at radius 3 is 2.04 bits per heavy atom. The van der Waals surface area contributed by atoms with E-state index in [1.165, 1.54) is 33.5 Å². The van der Waals surface area contributed by atoms with Crippen LogP contribution in [0.25, 0.3) is 0 Å². The first-order valence-electron chi connectivity index (χ1n) is 6.86. The van der Waals surface area contributed by atoms with Gasteiger partial charge in [-0.25, -0.2) is 13.6 Å². The van der Waals surface area contributed by atoms with Gasteiger partial charge in [0.05, 0.1) is 31.9 Å². The van der Waals surface area contributed by atoms with Gasteiger partial charge in [0.25, 0.3) is 0 Å². The second-order valence-electron chi connectivity index (χ2n) is 4.72. The fraction of sp³-hybridized carbons (Fsp3) is 0.188. The summed E-state index contributed by atoms with van der Waals surface area (Å²) in [4.78, 5) is 4.33. The molecule has 0 amide bonds. The fourth-order valence-corrected chi connectivity index (χ4v) is 2.61. The van der Waals surface area contributed by atoms with Crippen molar-refractivity contribution < 1.29 is 22.6 Å². The lowest BCUT2D eigenvalue weighted by molar-refractivity contribution is 0.324. The molecule has 0 spiro atoms. The largest absolute Gasteiger partial charge is 0.493 e. The van der Waals surface area contributed by atoms with Crippen molar-refractivity contribution in [2.24, 2.45) is 10.1 Å². The molecule has 0 aliphatic rings. The summed E-state index contributed by atoms with van der Waals surface area (Å²) in [6, 6.07) is 9.43. The fourth-order valence-electron chi connectivity index (χ4n) is 2.09. The maximum absolute atomic E-state index is 11.2. The number of nitrogens with two attached hydrogens (primary N) is 1. The van der Waals surface area contributed by atoms with Crippen molar-refractivity contribution in [1.82, 2.24) is 0 Å². The van der Waals surface area contributed by atoms with E-state index in [0.717, 1.165) is 0 Å². The second-order valence-corrected chi connectivity index (χ2v) is 6.28. The summed E-state index contributed by atoms with van der Waals surface area (Å²) >= 11 is 0. The summed E-state index contributed by atoms with van der Waals surface area (Å²) in [5, 5.41) is 5.06. The molecule has 0 fully saturated rings. The first-order chi connectivity index (χ1) is 11.4. The van der Waals surface area contributed by atoms with Crippen LogP contribution in [0.15, 0.2) is 46.3 Å². The third-order valence-electron chi connectivity index (χ3n) is 3.25. The third-order valence-corrected chi connectivity index (χ3v) is 4.18. The SMILES string of the molecule is COc1ccc(C=Nc2ccc(S(N)(=O)=O)cc2)c(OC)c1OC. The molecule has 2 aromatic rings. The number of hydrogen-bond donors (Lipinski definition) is 1. The molecule has 0 aliphatic carbocycles. The molecule has 2 N–H and O–H groups in total. The van der Waals surface area contributed by atoms with Crippen molar-refractivity contribution in [3.05, 3.63) is 42.0 Å². The van der Waals surface area contributed by atoms with Gasteiger partial charge in [-0.3, -0.25) is 4.99 Å². The minimum atomic E-state index is -3.72. The topological polar surface area (TPSA) is 100 Å². The summed E-state index contributed by atoms with van der Waals surface area (Å²) in [6.45, 7) is 0. The van der Waals surface area contributed by atoms with Crippen molar-refractivity contribution >= 4 is 21.9 Å². The monoisotopic (exact) mass is 350 g/mol. The van der Waals surface area contributed by atoms with Crippen LogP contribution in [-0.4, -0.2) is 36.0 Å². The van der Waals surface area contributed by atoms with Crippen LogP contribution in [-0.2, 0) is 10.0 Å². The highest BCUT2D eigenvalue weighted by molar-refractivity contribution is 7.89. The summed E-state index contributed by atoms with van der Waals surface area (Å²) in [5.74, 6) is 1.50. The van der Waals surface area contributed by atoms with E-state index in [9.17, 15) is 8.42 Å². The van der Waals surface area contributed by atoms with Gasteiger partial charge < -0.3 is 14.2 Å². The minimum absolute atomic E-state index is 0.0325. The molecule has 7 nitrogen and oxygen atoms in total. The van der Waals surface area contributed by atoms with Gasteiger partial charge in [-0.05, 0) is 36.4 Å². The number of hydrogen-bond acceptors (Lipinski definition) is 6. The average molecular weight is 350 g/mol. The van der Waals surface area contributed by atoms with Gasteiger partial charge in [-0.2, -0.15) is 0 Å². The smallest absolute Gasteiger partial charge is 0.238 e. The average Bonchev–Trinajstić information content (AvgIpc) is 2.58. The molecular weight excluding hydrogens is 332 g/mol. The number of rotatable bonds is 6. The van der Waals surface area contributed by atoms with Crippen LogP contribution in [0.3, 0.4) is 0 Å². The maximum atomic E-state index is 11.2. The lowest BCUT2D eigenvalue weighted by atomic mass is 10.2. The van der Waals surface area contributed by atoms with Crippen LogP contribution in [0, 0.1) is 0 Å². The van der Waals surface area contributed by atoms with Crippen molar-refractivity contribution in [1.29, 1.82) is 0 Å². The van der Waals surface area contributed by atoms with Gasteiger partial charge in [0.2, 0.25) is 15.8 Å². The molecule has 0 aromatic heterocycles. The maximum Gasteiger partial charge on any atom is 0.238 e. The first-order valence-corrected chi connectivity index (χ1v) is 8.41. The van der Waals surface area contributed by atoms with Gasteiger partial charge in [-0.1, -0.05) is 0 Å². The molecule has 2 aromatic carbocycles. The highest BCUT2D eigenvalue weighted by atomic mass is 32.2. The Labute approximate surface area is 140 Å². The van der Waals surface area contributed by atoms with Gasteiger partial charge in [0.1, 0.15) is 0 Å². The zero-order chi connectivity index (χ0) is 17.7. The van der Waals surface area contributed by atoms with E-state index in [0.29, 0.717) is 28.5 Å². The van der Waals surface area contributed by atoms with Crippen molar-refractivity contribution in [3.63, 3.8) is 0 Å². The van der Waals surface area contributed by atoms with Crippen LogP contribution < -0.4 is 19.3 Å². The number of ether oxygens (including phenoxy) is 3. The zero-order valence-electron chi connectivity index (χ0n) is 13.5. The van der Waals surface area contributed by atoms with Crippen LogP contribution in [0.2, 0.25) is 0 Å². The van der Waals surface area contributed by atoms with E-state index in [1.807, 2.05) is 0 Å². The summed E-state index contributed by atoms with van der Waals surface area (Å²) in [5.41, 5.74) is 1.25. The van der Waals surface area contributed by atoms with Crippen LogP contribution in [0.5, 0.6) is 17.2 Å². The van der Waals surface area contributed by atoms with Crippen molar-refractivity contribution in [2.45, 2.75) is 4.90 Å². The van der Waals surface area contributed by atoms with Crippen LogP contribution in [0.1, 0.15) is 5.56 Å². The predicted octanol–water partition coefficient (Wildman–Crippen LogP) is 2.11. The summed E-state index contributed by atoms with van der Waals surface area (Å²) in [6.07, 6.45) is 1.59. The zero-order valence-corrected chi connectivity index (χ0v) is 14.3. The van der Waals surface area contributed by atoms with E-state index in [4.69, 9.17) is 19.3 Å². The first kappa shape index (κ1) is 17.8. The number of nitrogens with zero attached hydrogens (tertiary/aromatic N) is 1. The third kappa shape index (κ3) is 3.84. The number of primary sulfonamides is 1.